The summed E-state index contributed by atoms with van der Waals surface area (Å²) in [6.07, 6.45) is 2.68. The lowest BCUT2D eigenvalue weighted by Crippen LogP contribution is -2.36. The number of halogens is 1. The van der Waals surface area contributed by atoms with Crippen LogP contribution in [0.15, 0.2) is 24.3 Å². The van der Waals surface area contributed by atoms with E-state index in [1.165, 1.54) is 0 Å². The second kappa shape index (κ2) is 6.98. The summed E-state index contributed by atoms with van der Waals surface area (Å²) in [5.74, 6) is 0.758. The van der Waals surface area contributed by atoms with Crippen LogP contribution in [0.1, 0.15) is 19.3 Å². The Labute approximate surface area is 113 Å². The van der Waals surface area contributed by atoms with E-state index in [1.807, 2.05) is 24.3 Å². The molecule has 1 N–H and O–H groups in total. The van der Waals surface area contributed by atoms with Gasteiger partial charge in [-0.1, -0.05) is 23.7 Å². The normalized spacial score (nSPS) is 17.9. The fourth-order valence-corrected chi connectivity index (χ4v) is 2.37. The van der Waals surface area contributed by atoms with Crippen molar-refractivity contribution in [3.8, 4) is 5.75 Å². The van der Waals surface area contributed by atoms with Crippen molar-refractivity contribution >= 4 is 11.6 Å². The van der Waals surface area contributed by atoms with E-state index in [0.717, 1.165) is 44.6 Å². The monoisotopic (exact) mass is 269 g/mol. The fraction of sp³-hybridized carbons (Fsp3) is 0.571. The molecule has 0 aromatic heterocycles. The molecule has 0 bridgehead atoms. The van der Waals surface area contributed by atoms with Gasteiger partial charge in [0, 0.05) is 19.6 Å². The van der Waals surface area contributed by atoms with E-state index in [0.29, 0.717) is 11.6 Å². The largest absolute Gasteiger partial charge is 0.492 e. The second-order valence-electron chi connectivity index (χ2n) is 4.71. The molecule has 0 spiro atoms. The molecule has 1 heterocycles. The van der Waals surface area contributed by atoms with Crippen molar-refractivity contribution in [1.82, 2.24) is 4.90 Å². The van der Waals surface area contributed by atoms with Crippen LogP contribution in [-0.4, -0.2) is 42.4 Å². The summed E-state index contributed by atoms with van der Waals surface area (Å²) in [6.45, 7) is 3.69. The summed E-state index contributed by atoms with van der Waals surface area (Å²) in [4.78, 5) is 2.38. The smallest absolute Gasteiger partial charge is 0.137 e. The molecule has 0 amide bonds. The molecule has 3 nitrogen and oxygen atoms in total. The molecule has 1 fully saturated rings. The molecule has 1 aliphatic rings. The molecule has 1 saturated heterocycles. The van der Waals surface area contributed by atoms with Crippen LogP contribution in [0.25, 0.3) is 0 Å². The second-order valence-corrected chi connectivity index (χ2v) is 5.11. The Balaban J connectivity index is 1.63. The predicted molar refractivity (Wildman–Crippen MR) is 73.2 cm³/mol. The van der Waals surface area contributed by atoms with Crippen molar-refractivity contribution in [2.45, 2.75) is 25.4 Å². The van der Waals surface area contributed by atoms with Crippen molar-refractivity contribution in [2.24, 2.45) is 0 Å². The SMILES string of the molecule is OC1CCN(CCCOc2ccccc2Cl)CC1. The third-order valence-electron chi connectivity index (χ3n) is 3.27. The van der Waals surface area contributed by atoms with Crippen molar-refractivity contribution in [3.05, 3.63) is 29.3 Å². The van der Waals surface area contributed by atoms with Gasteiger partial charge >= 0.3 is 0 Å². The molecule has 1 aromatic carbocycles. The first-order valence-corrected chi connectivity index (χ1v) is 6.91. The third kappa shape index (κ3) is 4.16. The molecule has 0 saturated carbocycles. The number of hydrogen-bond donors (Lipinski definition) is 1. The number of likely N-dealkylation sites (tertiary alicyclic amines) is 1. The van der Waals surface area contributed by atoms with Crippen LogP contribution in [0.2, 0.25) is 5.02 Å². The molecule has 100 valence electrons. The zero-order chi connectivity index (χ0) is 12.8. The summed E-state index contributed by atoms with van der Waals surface area (Å²) >= 11 is 6.00. The molecule has 0 atom stereocenters. The van der Waals surface area contributed by atoms with Gasteiger partial charge in [-0.25, -0.2) is 0 Å². The lowest BCUT2D eigenvalue weighted by atomic mass is 10.1. The van der Waals surface area contributed by atoms with Crippen molar-refractivity contribution in [2.75, 3.05) is 26.2 Å². The molecular formula is C14H20ClNO2. The number of aliphatic hydroxyl groups excluding tert-OH is 1. The van der Waals surface area contributed by atoms with Crippen LogP contribution in [0.4, 0.5) is 0 Å². The minimum absolute atomic E-state index is 0.0966. The Morgan fingerprint density at radius 1 is 1.28 bits per heavy atom. The van der Waals surface area contributed by atoms with E-state index in [1.54, 1.807) is 0 Å². The maximum atomic E-state index is 9.41. The Morgan fingerprint density at radius 2 is 2.00 bits per heavy atom. The van der Waals surface area contributed by atoms with E-state index < -0.39 is 0 Å². The molecule has 0 unspecified atom stereocenters. The highest BCUT2D eigenvalue weighted by atomic mass is 35.5. The summed E-state index contributed by atoms with van der Waals surface area (Å²) < 4.78 is 5.64. The standard InChI is InChI=1S/C14H20ClNO2/c15-13-4-1-2-5-14(13)18-11-3-8-16-9-6-12(17)7-10-16/h1-2,4-5,12,17H,3,6-11H2. The first-order valence-electron chi connectivity index (χ1n) is 6.53. The highest BCUT2D eigenvalue weighted by molar-refractivity contribution is 6.32. The third-order valence-corrected chi connectivity index (χ3v) is 3.58. The van der Waals surface area contributed by atoms with Crippen molar-refractivity contribution in [3.63, 3.8) is 0 Å². The number of ether oxygens (including phenoxy) is 1. The molecular weight excluding hydrogens is 250 g/mol. The number of aliphatic hydroxyl groups is 1. The molecule has 0 aliphatic carbocycles. The quantitative estimate of drug-likeness (QED) is 0.834. The van der Waals surface area contributed by atoms with E-state index in [2.05, 4.69) is 4.90 Å². The summed E-state index contributed by atoms with van der Waals surface area (Å²) in [5, 5.41) is 10.1. The first kappa shape index (κ1) is 13.7. The minimum atomic E-state index is -0.0966. The Morgan fingerprint density at radius 3 is 2.72 bits per heavy atom. The number of hydrogen-bond acceptors (Lipinski definition) is 3. The zero-order valence-electron chi connectivity index (χ0n) is 10.5. The van der Waals surface area contributed by atoms with Gasteiger partial charge in [-0.15, -0.1) is 0 Å². The Kier molecular flexibility index (Phi) is 5.29. The van der Waals surface area contributed by atoms with E-state index in [9.17, 15) is 5.11 Å². The average molecular weight is 270 g/mol. The van der Waals surface area contributed by atoms with Crippen LogP contribution in [0, 0.1) is 0 Å². The molecule has 2 rings (SSSR count). The van der Waals surface area contributed by atoms with E-state index in [4.69, 9.17) is 16.3 Å². The zero-order valence-corrected chi connectivity index (χ0v) is 11.3. The summed E-state index contributed by atoms with van der Waals surface area (Å²) in [7, 11) is 0. The van der Waals surface area contributed by atoms with Gasteiger partial charge in [0.15, 0.2) is 0 Å². The van der Waals surface area contributed by atoms with Crippen LogP contribution in [0.3, 0.4) is 0 Å². The maximum Gasteiger partial charge on any atom is 0.137 e. The van der Waals surface area contributed by atoms with Gasteiger partial charge in [0.05, 0.1) is 17.7 Å². The molecule has 0 radical (unpaired) electrons. The highest BCUT2D eigenvalue weighted by Gasteiger charge is 2.16. The molecule has 4 heteroatoms. The predicted octanol–water partition coefficient (Wildman–Crippen LogP) is 2.57. The number of piperidine rings is 1. The van der Waals surface area contributed by atoms with Gasteiger partial charge in [0.1, 0.15) is 5.75 Å². The molecule has 1 aliphatic heterocycles. The topological polar surface area (TPSA) is 32.7 Å². The lowest BCUT2D eigenvalue weighted by molar-refractivity contribution is 0.0800. The summed E-state index contributed by atoms with van der Waals surface area (Å²) in [6, 6.07) is 7.55. The van der Waals surface area contributed by atoms with Crippen LogP contribution in [0.5, 0.6) is 5.75 Å². The number of nitrogens with zero attached hydrogens (tertiary/aromatic N) is 1. The lowest BCUT2D eigenvalue weighted by Gasteiger charge is -2.29. The minimum Gasteiger partial charge on any atom is -0.492 e. The van der Waals surface area contributed by atoms with Crippen LogP contribution in [-0.2, 0) is 0 Å². The Hall–Kier alpha value is -0.770. The van der Waals surface area contributed by atoms with E-state index in [-0.39, 0.29) is 6.10 Å². The van der Waals surface area contributed by atoms with Crippen LogP contribution >= 0.6 is 11.6 Å². The van der Waals surface area contributed by atoms with Crippen molar-refractivity contribution in [1.29, 1.82) is 0 Å². The van der Waals surface area contributed by atoms with Gasteiger partial charge in [-0.2, -0.15) is 0 Å². The van der Waals surface area contributed by atoms with Gasteiger partial charge in [0.2, 0.25) is 0 Å². The van der Waals surface area contributed by atoms with E-state index >= 15 is 0 Å². The maximum absolute atomic E-state index is 9.41. The number of rotatable bonds is 5. The highest BCUT2D eigenvalue weighted by Crippen LogP contribution is 2.23. The number of para-hydroxylation sites is 1. The molecule has 18 heavy (non-hydrogen) atoms. The fourth-order valence-electron chi connectivity index (χ4n) is 2.18. The number of benzene rings is 1. The van der Waals surface area contributed by atoms with Crippen molar-refractivity contribution < 1.29 is 9.84 Å². The van der Waals surface area contributed by atoms with Gasteiger partial charge in [-0.05, 0) is 31.4 Å². The van der Waals surface area contributed by atoms with Crippen LogP contribution < -0.4 is 4.74 Å². The van der Waals surface area contributed by atoms with Gasteiger partial charge < -0.3 is 14.7 Å². The first-order chi connectivity index (χ1) is 8.75. The summed E-state index contributed by atoms with van der Waals surface area (Å²) in [5.41, 5.74) is 0. The van der Waals surface area contributed by atoms with Gasteiger partial charge in [-0.3, -0.25) is 0 Å². The molecule has 1 aromatic rings. The van der Waals surface area contributed by atoms with Gasteiger partial charge in [0.25, 0.3) is 0 Å². The Bertz CT molecular complexity index is 365. The average Bonchev–Trinajstić information content (AvgIpc) is 2.39.